The van der Waals surface area contributed by atoms with E-state index in [4.69, 9.17) is 5.73 Å². The Morgan fingerprint density at radius 1 is 0.900 bits per heavy atom. The molecule has 1 aromatic heterocycles. The Morgan fingerprint density at radius 2 is 1.60 bits per heavy atom. The Balaban J connectivity index is 1.95. The van der Waals surface area contributed by atoms with Crippen LogP contribution in [0.2, 0.25) is 0 Å². The van der Waals surface area contributed by atoms with Crippen LogP contribution in [-0.2, 0) is 13.0 Å². The third-order valence-corrected chi connectivity index (χ3v) is 3.34. The molecule has 3 aromatic rings. The van der Waals surface area contributed by atoms with Gasteiger partial charge in [0.2, 0.25) is 0 Å². The predicted molar refractivity (Wildman–Crippen MR) is 78.5 cm³/mol. The van der Waals surface area contributed by atoms with Gasteiger partial charge < -0.3 is 5.73 Å². The Morgan fingerprint density at radius 3 is 2.35 bits per heavy atom. The fourth-order valence-corrected chi connectivity index (χ4v) is 2.28. The molecule has 0 fully saturated rings. The maximum absolute atomic E-state index is 5.79. The van der Waals surface area contributed by atoms with Gasteiger partial charge in [0.15, 0.2) is 0 Å². The van der Waals surface area contributed by atoms with Crippen LogP contribution in [0.15, 0.2) is 60.9 Å². The topological polar surface area (TPSA) is 56.7 Å². The molecule has 0 spiro atoms. The van der Waals surface area contributed by atoms with Crippen LogP contribution in [0.4, 0.5) is 0 Å². The van der Waals surface area contributed by atoms with E-state index in [0.29, 0.717) is 6.54 Å². The fourth-order valence-electron chi connectivity index (χ4n) is 2.28. The van der Waals surface area contributed by atoms with Gasteiger partial charge in [0.25, 0.3) is 0 Å². The summed E-state index contributed by atoms with van der Waals surface area (Å²) in [5.41, 5.74) is 9.20. The quantitative estimate of drug-likeness (QED) is 0.786. The predicted octanol–water partition coefficient (Wildman–Crippen LogP) is 2.32. The molecule has 0 amide bonds. The van der Waals surface area contributed by atoms with E-state index in [2.05, 4.69) is 22.3 Å². The Hall–Kier alpha value is -2.46. The molecule has 100 valence electrons. The zero-order valence-electron chi connectivity index (χ0n) is 11.1. The molecule has 1 heterocycles. The molecule has 0 aliphatic carbocycles. The molecule has 0 saturated heterocycles. The van der Waals surface area contributed by atoms with Crippen molar-refractivity contribution in [2.24, 2.45) is 5.73 Å². The average molecular weight is 264 g/mol. The van der Waals surface area contributed by atoms with Crippen LogP contribution in [0.3, 0.4) is 0 Å². The van der Waals surface area contributed by atoms with Crippen LogP contribution in [0.5, 0.6) is 0 Å². The molecule has 4 nitrogen and oxygen atoms in total. The normalized spacial score (nSPS) is 10.7. The van der Waals surface area contributed by atoms with E-state index in [1.54, 1.807) is 6.33 Å². The summed E-state index contributed by atoms with van der Waals surface area (Å²) >= 11 is 0. The van der Waals surface area contributed by atoms with Crippen LogP contribution < -0.4 is 5.73 Å². The van der Waals surface area contributed by atoms with Crippen LogP contribution in [0.1, 0.15) is 17.0 Å². The second-order valence-electron chi connectivity index (χ2n) is 4.60. The van der Waals surface area contributed by atoms with Gasteiger partial charge in [-0.1, -0.05) is 42.5 Å². The van der Waals surface area contributed by atoms with Gasteiger partial charge in [0.1, 0.15) is 12.2 Å². The second-order valence-corrected chi connectivity index (χ2v) is 4.60. The summed E-state index contributed by atoms with van der Waals surface area (Å²) in [5.74, 6) is 0.914. The van der Waals surface area contributed by atoms with Gasteiger partial charge in [-0.2, -0.15) is 0 Å². The van der Waals surface area contributed by atoms with Gasteiger partial charge in [0.05, 0.1) is 0 Å². The first-order valence-corrected chi connectivity index (χ1v) is 6.59. The molecule has 0 unspecified atom stereocenters. The molecular formula is C16H16N4. The highest BCUT2D eigenvalue weighted by Crippen LogP contribution is 2.15. The molecule has 3 rings (SSSR count). The summed E-state index contributed by atoms with van der Waals surface area (Å²) in [7, 11) is 0. The minimum absolute atomic E-state index is 0.537. The molecular weight excluding hydrogens is 248 g/mol. The summed E-state index contributed by atoms with van der Waals surface area (Å²) in [6, 6.07) is 18.3. The molecule has 0 saturated carbocycles. The number of benzene rings is 2. The Bertz CT molecular complexity index is 688. The standard InChI is InChI=1S/C16H16N4/c17-11-14-7-5-4-6-13(14)10-16-19-18-12-20(16)15-8-2-1-3-9-15/h1-9,12H,10-11,17H2. The molecule has 2 aromatic carbocycles. The number of rotatable bonds is 4. The lowest BCUT2D eigenvalue weighted by Gasteiger charge is -2.09. The maximum atomic E-state index is 5.79. The van der Waals surface area contributed by atoms with Gasteiger partial charge >= 0.3 is 0 Å². The van der Waals surface area contributed by atoms with Crippen molar-refractivity contribution in [1.29, 1.82) is 0 Å². The number of hydrogen-bond acceptors (Lipinski definition) is 3. The monoisotopic (exact) mass is 264 g/mol. The first-order valence-electron chi connectivity index (χ1n) is 6.59. The minimum atomic E-state index is 0.537. The van der Waals surface area contributed by atoms with Crippen LogP contribution in [0, 0.1) is 0 Å². The van der Waals surface area contributed by atoms with E-state index >= 15 is 0 Å². The number of para-hydroxylation sites is 1. The smallest absolute Gasteiger partial charge is 0.141 e. The van der Waals surface area contributed by atoms with Gasteiger partial charge in [-0.05, 0) is 23.3 Å². The van der Waals surface area contributed by atoms with Gasteiger partial charge in [-0.15, -0.1) is 10.2 Å². The summed E-state index contributed by atoms with van der Waals surface area (Å²) in [5, 5.41) is 8.27. The van der Waals surface area contributed by atoms with E-state index < -0.39 is 0 Å². The summed E-state index contributed by atoms with van der Waals surface area (Å²) in [6.45, 7) is 0.537. The Labute approximate surface area is 117 Å². The molecule has 4 heteroatoms. The van der Waals surface area contributed by atoms with E-state index in [1.807, 2.05) is 47.0 Å². The van der Waals surface area contributed by atoms with Crippen molar-refractivity contribution in [3.05, 3.63) is 77.9 Å². The highest BCUT2D eigenvalue weighted by molar-refractivity contribution is 5.35. The molecule has 0 aliphatic heterocycles. The van der Waals surface area contributed by atoms with E-state index in [0.717, 1.165) is 23.5 Å². The molecule has 0 aliphatic rings. The Kier molecular flexibility index (Phi) is 3.56. The minimum Gasteiger partial charge on any atom is -0.326 e. The lowest BCUT2D eigenvalue weighted by atomic mass is 10.0. The van der Waals surface area contributed by atoms with Crippen molar-refractivity contribution in [1.82, 2.24) is 14.8 Å². The highest BCUT2D eigenvalue weighted by Gasteiger charge is 2.09. The van der Waals surface area contributed by atoms with Crippen LogP contribution >= 0.6 is 0 Å². The first kappa shape index (κ1) is 12.6. The lowest BCUT2D eigenvalue weighted by Crippen LogP contribution is -2.06. The maximum Gasteiger partial charge on any atom is 0.141 e. The molecule has 0 radical (unpaired) electrons. The van der Waals surface area contributed by atoms with Crippen molar-refractivity contribution < 1.29 is 0 Å². The van der Waals surface area contributed by atoms with Crippen molar-refractivity contribution in [3.63, 3.8) is 0 Å². The number of hydrogen-bond donors (Lipinski definition) is 1. The third-order valence-electron chi connectivity index (χ3n) is 3.34. The van der Waals surface area contributed by atoms with E-state index in [-0.39, 0.29) is 0 Å². The fraction of sp³-hybridized carbons (Fsp3) is 0.125. The van der Waals surface area contributed by atoms with Crippen LogP contribution in [-0.4, -0.2) is 14.8 Å². The van der Waals surface area contributed by atoms with Crippen molar-refractivity contribution >= 4 is 0 Å². The SMILES string of the molecule is NCc1ccccc1Cc1nncn1-c1ccccc1. The summed E-state index contributed by atoms with van der Waals surface area (Å²) < 4.78 is 2.01. The van der Waals surface area contributed by atoms with Gasteiger partial charge in [-0.3, -0.25) is 4.57 Å². The molecule has 2 N–H and O–H groups in total. The molecule has 0 bridgehead atoms. The van der Waals surface area contributed by atoms with Crippen LogP contribution in [0.25, 0.3) is 5.69 Å². The zero-order chi connectivity index (χ0) is 13.8. The highest BCUT2D eigenvalue weighted by atomic mass is 15.3. The number of aromatic nitrogens is 3. The largest absolute Gasteiger partial charge is 0.326 e. The second kappa shape index (κ2) is 5.67. The van der Waals surface area contributed by atoms with Gasteiger partial charge in [-0.25, -0.2) is 0 Å². The molecule has 20 heavy (non-hydrogen) atoms. The lowest BCUT2D eigenvalue weighted by molar-refractivity contribution is 0.891. The number of nitrogens with zero attached hydrogens (tertiary/aromatic N) is 3. The summed E-state index contributed by atoms with van der Waals surface area (Å²) in [4.78, 5) is 0. The zero-order valence-corrected chi connectivity index (χ0v) is 11.1. The van der Waals surface area contributed by atoms with Gasteiger partial charge in [0, 0.05) is 18.7 Å². The van der Waals surface area contributed by atoms with Crippen molar-refractivity contribution in [2.45, 2.75) is 13.0 Å². The third kappa shape index (κ3) is 2.46. The average Bonchev–Trinajstić information content (AvgIpc) is 2.97. The number of nitrogens with two attached hydrogens (primary N) is 1. The molecule has 0 atom stereocenters. The van der Waals surface area contributed by atoms with E-state index in [1.165, 1.54) is 5.56 Å². The van der Waals surface area contributed by atoms with Crippen molar-refractivity contribution in [3.8, 4) is 5.69 Å². The summed E-state index contributed by atoms with van der Waals surface area (Å²) in [6.07, 6.45) is 2.47. The van der Waals surface area contributed by atoms with E-state index in [9.17, 15) is 0 Å². The van der Waals surface area contributed by atoms with Crippen molar-refractivity contribution in [2.75, 3.05) is 0 Å². The first-order chi connectivity index (χ1) is 9.88.